The molecule has 0 fully saturated rings. The third kappa shape index (κ3) is 5.71. The van der Waals surface area contributed by atoms with Crippen LogP contribution in [-0.2, 0) is 17.8 Å². The number of Topliss-reactive ketones (excluding diaryl/α,β-unsaturated/α-hetero) is 1. The molecule has 1 aromatic carbocycles. The zero-order valence-corrected chi connectivity index (χ0v) is 19.4. The van der Waals surface area contributed by atoms with Crippen LogP contribution in [0.15, 0.2) is 73.1 Å². The van der Waals surface area contributed by atoms with Gasteiger partial charge in [0.1, 0.15) is 5.82 Å². The van der Waals surface area contributed by atoms with Crippen molar-refractivity contribution in [2.75, 3.05) is 16.8 Å². The first-order chi connectivity index (χ1) is 16.5. The summed E-state index contributed by atoms with van der Waals surface area (Å²) in [6.45, 7) is 2.37. The van der Waals surface area contributed by atoms with Crippen LogP contribution in [-0.4, -0.2) is 28.7 Å². The molecule has 0 atom stereocenters. The van der Waals surface area contributed by atoms with E-state index in [0.717, 1.165) is 22.4 Å². The highest BCUT2D eigenvalue weighted by Gasteiger charge is 2.16. The first-order valence-corrected chi connectivity index (χ1v) is 11.6. The lowest BCUT2D eigenvalue weighted by Gasteiger charge is -2.21. The van der Waals surface area contributed by atoms with Crippen molar-refractivity contribution in [3.8, 4) is 10.6 Å². The summed E-state index contributed by atoms with van der Waals surface area (Å²) in [6.07, 6.45) is 4.74. The molecule has 8 heteroatoms. The van der Waals surface area contributed by atoms with Crippen LogP contribution < -0.4 is 10.2 Å². The summed E-state index contributed by atoms with van der Waals surface area (Å²) < 4.78 is 13.5. The number of pyridine rings is 2. The predicted molar refractivity (Wildman–Crippen MR) is 133 cm³/mol. The van der Waals surface area contributed by atoms with Gasteiger partial charge in [-0.3, -0.25) is 14.6 Å². The average molecular weight is 475 g/mol. The smallest absolute Gasteiger partial charge is 0.214 e. The minimum absolute atomic E-state index is 0.00455. The van der Waals surface area contributed by atoms with Gasteiger partial charge >= 0.3 is 0 Å². The average Bonchev–Trinajstić information content (AvgIpc) is 3.34. The summed E-state index contributed by atoms with van der Waals surface area (Å²) in [4.78, 5) is 35.7. The predicted octanol–water partition coefficient (Wildman–Crippen LogP) is 5.36. The first kappa shape index (κ1) is 23.3. The summed E-state index contributed by atoms with van der Waals surface area (Å²) in [5.74, 6) is 0.258. The largest absolute Gasteiger partial charge is 0.368 e. The van der Waals surface area contributed by atoms with Crippen molar-refractivity contribution in [2.24, 2.45) is 0 Å². The number of amides is 1. The zero-order chi connectivity index (χ0) is 23.9. The molecular weight excluding hydrogens is 451 g/mol. The Labute approximate surface area is 201 Å². The second-order valence-electron chi connectivity index (χ2n) is 7.69. The lowest BCUT2D eigenvalue weighted by molar-refractivity contribution is -0.107. The number of halogens is 1. The van der Waals surface area contributed by atoms with E-state index in [4.69, 9.17) is 4.98 Å². The molecule has 0 saturated carbocycles. The number of nitrogens with zero attached hydrogens (tertiary/aromatic N) is 3. The van der Waals surface area contributed by atoms with Gasteiger partial charge in [0.15, 0.2) is 11.6 Å². The molecule has 1 amide bonds. The van der Waals surface area contributed by atoms with Crippen LogP contribution in [0.1, 0.15) is 27.7 Å². The van der Waals surface area contributed by atoms with E-state index in [2.05, 4.69) is 10.3 Å². The lowest BCUT2D eigenvalue weighted by Crippen LogP contribution is -2.22. The quantitative estimate of drug-likeness (QED) is 0.247. The van der Waals surface area contributed by atoms with E-state index in [0.29, 0.717) is 41.6 Å². The molecule has 0 aliphatic heterocycles. The van der Waals surface area contributed by atoms with Crippen LogP contribution in [0, 0.1) is 5.82 Å². The Morgan fingerprint density at radius 1 is 1.12 bits per heavy atom. The van der Waals surface area contributed by atoms with Gasteiger partial charge in [0.05, 0.1) is 27.7 Å². The van der Waals surface area contributed by atoms with Gasteiger partial charge in [-0.2, -0.15) is 0 Å². The van der Waals surface area contributed by atoms with Gasteiger partial charge in [0.25, 0.3) is 0 Å². The molecular formula is C26H23FN4O2S. The molecule has 4 rings (SSSR count). The van der Waals surface area contributed by atoms with Crippen molar-refractivity contribution in [3.05, 3.63) is 94.9 Å². The molecule has 34 heavy (non-hydrogen) atoms. The Morgan fingerprint density at radius 2 is 1.97 bits per heavy atom. The van der Waals surface area contributed by atoms with E-state index < -0.39 is 0 Å². The molecule has 0 saturated heterocycles. The molecule has 0 aliphatic carbocycles. The number of ketones is 1. The van der Waals surface area contributed by atoms with Gasteiger partial charge in [0.2, 0.25) is 6.41 Å². The topological polar surface area (TPSA) is 75.2 Å². The van der Waals surface area contributed by atoms with E-state index in [-0.39, 0.29) is 11.6 Å². The fraction of sp³-hybridized carbons (Fsp3) is 0.154. The van der Waals surface area contributed by atoms with Crippen LogP contribution in [0.2, 0.25) is 0 Å². The van der Waals surface area contributed by atoms with E-state index in [1.807, 2.05) is 36.4 Å². The fourth-order valence-electron chi connectivity index (χ4n) is 3.50. The number of thiophene rings is 1. The fourth-order valence-corrected chi connectivity index (χ4v) is 4.37. The SMILES string of the molecule is CC(=O)c1ccc(-c2ccc(N(C=O)Cc3cccnc3)c(NCCc3cccc(F)c3)n2)s1. The Hall–Kier alpha value is -3.91. The molecule has 3 aromatic heterocycles. The normalized spacial score (nSPS) is 10.6. The third-order valence-electron chi connectivity index (χ3n) is 5.19. The van der Waals surface area contributed by atoms with Crippen LogP contribution in [0.5, 0.6) is 0 Å². The maximum atomic E-state index is 13.5. The molecule has 0 bridgehead atoms. The van der Waals surface area contributed by atoms with Crippen LogP contribution in [0.4, 0.5) is 15.9 Å². The number of carbonyl (C=O) groups is 2. The maximum absolute atomic E-state index is 13.5. The second kappa shape index (κ2) is 10.8. The minimum atomic E-state index is -0.277. The van der Waals surface area contributed by atoms with Gasteiger partial charge < -0.3 is 10.2 Å². The molecule has 4 aromatic rings. The Morgan fingerprint density at radius 3 is 2.68 bits per heavy atom. The van der Waals surface area contributed by atoms with Crippen molar-refractivity contribution < 1.29 is 14.0 Å². The summed E-state index contributed by atoms with van der Waals surface area (Å²) in [6, 6.07) is 17.5. The zero-order valence-electron chi connectivity index (χ0n) is 18.6. The number of hydrogen-bond acceptors (Lipinski definition) is 6. The minimum Gasteiger partial charge on any atom is -0.368 e. The number of hydrogen-bond donors (Lipinski definition) is 1. The molecule has 0 radical (unpaired) electrons. The molecule has 1 N–H and O–H groups in total. The summed E-state index contributed by atoms with van der Waals surface area (Å²) in [5.41, 5.74) is 3.05. The molecule has 3 heterocycles. The maximum Gasteiger partial charge on any atom is 0.214 e. The van der Waals surface area contributed by atoms with Crippen LogP contribution >= 0.6 is 11.3 Å². The molecule has 172 valence electrons. The van der Waals surface area contributed by atoms with Crippen molar-refractivity contribution >= 4 is 35.0 Å². The van der Waals surface area contributed by atoms with Gasteiger partial charge in [0, 0.05) is 18.9 Å². The number of benzene rings is 1. The molecule has 0 unspecified atom stereocenters. The highest BCUT2D eigenvalue weighted by molar-refractivity contribution is 7.17. The highest BCUT2D eigenvalue weighted by Crippen LogP contribution is 2.32. The summed E-state index contributed by atoms with van der Waals surface area (Å²) in [7, 11) is 0. The van der Waals surface area contributed by atoms with Gasteiger partial charge in [-0.15, -0.1) is 11.3 Å². The second-order valence-corrected chi connectivity index (χ2v) is 8.77. The van der Waals surface area contributed by atoms with Crippen molar-refractivity contribution in [2.45, 2.75) is 19.9 Å². The summed E-state index contributed by atoms with van der Waals surface area (Å²) in [5, 5.41) is 3.31. The number of anilines is 2. The van der Waals surface area contributed by atoms with Crippen molar-refractivity contribution in [1.29, 1.82) is 0 Å². The van der Waals surface area contributed by atoms with Crippen molar-refractivity contribution in [3.63, 3.8) is 0 Å². The number of carbonyl (C=O) groups excluding carboxylic acids is 2. The van der Waals surface area contributed by atoms with Crippen LogP contribution in [0.3, 0.4) is 0 Å². The first-order valence-electron chi connectivity index (χ1n) is 10.7. The summed E-state index contributed by atoms with van der Waals surface area (Å²) >= 11 is 1.37. The Kier molecular flexibility index (Phi) is 7.39. The van der Waals surface area contributed by atoms with Gasteiger partial charge in [-0.1, -0.05) is 18.2 Å². The van der Waals surface area contributed by atoms with E-state index >= 15 is 0 Å². The number of rotatable bonds is 10. The van der Waals surface area contributed by atoms with Crippen molar-refractivity contribution in [1.82, 2.24) is 9.97 Å². The lowest BCUT2D eigenvalue weighted by atomic mass is 10.1. The van der Waals surface area contributed by atoms with E-state index in [1.165, 1.54) is 30.4 Å². The molecule has 0 spiro atoms. The Balaban J connectivity index is 1.62. The standard InChI is InChI=1S/C26H23FN4O2S/c1-18(33)24-9-10-25(34-24)22-7-8-23(31(17-32)16-20-5-3-12-28-15-20)26(30-22)29-13-11-19-4-2-6-21(27)14-19/h2-10,12,14-15,17H,11,13,16H2,1H3,(H,29,30). The number of aromatic nitrogens is 2. The Bertz CT molecular complexity index is 1290. The molecule has 6 nitrogen and oxygen atoms in total. The van der Waals surface area contributed by atoms with E-state index in [9.17, 15) is 14.0 Å². The van der Waals surface area contributed by atoms with Crippen LogP contribution in [0.25, 0.3) is 10.6 Å². The number of nitrogens with one attached hydrogen (secondary N) is 1. The van der Waals surface area contributed by atoms with Gasteiger partial charge in [-0.25, -0.2) is 9.37 Å². The van der Waals surface area contributed by atoms with Gasteiger partial charge in [-0.05, 0) is 66.9 Å². The molecule has 0 aliphatic rings. The highest BCUT2D eigenvalue weighted by atomic mass is 32.1. The monoisotopic (exact) mass is 474 g/mol. The van der Waals surface area contributed by atoms with E-state index in [1.54, 1.807) is 29.4 Å². The third-order valence-corrected chi connectivity index (χ3v) is 6.40.